The van der Waals surface area contributed by atoms with Crippen LogP contribution < -0.4 is 10.9 Å². The van der Waals surface area contributed by atoms with Crippen LogP contribution in [0.2, 0.25) is 0 Å². The third-order valence-electron chi connectivity index (χ3n) is 3.40. The van der Waals surface area contributed by atoms with E-state index in [1.807, 2.05) is 0 Å². The molecule has 7 heteroatoms. The fourth-order valence-corrected chi connectivity index (χ4v) is 2.27. The van der Waals surface area contributed by atoms with Crippen LogP contribution in [0.5, 0.6) is 0 Å². The van der Waals surface area contributed by atoms with Crippen LogP contribution in [-0.4, -0.2) is 26.3 Å². The summed E-state index contributed by atoms with van der Waals surface area (Å²) in [6, 6.07) is 10.2. The van der Waals surface area contributed by atoms with E-state index in [1.165, 1.54) is 36.3 Å². The molecule has 0 aliphatic carbocycles. The molecule has 120 valence electrons. The Hall–Kier alpha value is -3.48. The second-order valence-electron chi connectivity index (χ2n) is 5.15. The van der Waals surface area contributed by atoms with Crippen molar-refractivity contribution in [2.24, 2.45) is 0 Å². The number of pyridine rings is 1. The molecule has 2 N–H and O–H groups in total. The van der Waals surface area contributed by atoms with Gasteiger partial charge in [0.1, 0.15) is 11.9 Å². The van der Waals surface area contributed by atoms with Crippen LogP contribution in [0.3, 0.4) is 0 Å². The number of hydrogen-bond acceptors (Lipinski definition) is 4. The lowest BCUT2D eigenvalue weighted by molar-refractivity contribution is -0.114. The quantitative estimate of drug-likeness (QED) is 0.769. The second-order valence-corrected chi connectivity index (χ2v) is 5.15. The number of aromatic amines is 1. The molecule has 0 fully saturated rings. The number of aromatic nitrogens is 3. The van der Waals surface area contributed by atoms with Gasteiger partial charge in [-0.2, -0.15) is 0 Å². The topological polar surface area (TPSA) is 96.8 Å². The van der Waals surface area contributed by atoms with Crippen LogP contribution >= 0.6 is 0 Å². The van der Waals surface area contributed by atoms with Crippen LogP contribution in [0, 0.1) is 0 Å². The largest absolute Gasteiger partial charge is 0.326 e. The van der Waals surface area contributed by atoms with Gasteiger partial charge in [0.25, 0.3) is 11.5 Å². The fourth-order valence-electron chi connectivity index (χ4n) is 2.27. The van der Waals surface area contributed by atoms with Crippen LogP contribution in [-0.2, 0) is 4.79 Å². The number of anilines is 1. The molecule has 0 unspecified atom stereocenters. The highest BCUT2D eigenvalue weighted by Gasteiger charge is 2.13. The molecule has 0 spiro atoms. The average molecular weight is 322 g/mol. The van der Waals surface area contributed by atoms with E-state index in [4.69, 9.17) is 0 Å². The summed E-state index contributed by atoms with van der Waals surface area (Å²) in [6.07, 6.45) is 4.30. The highest BCUT2D eigenvalue weighted by Crippen LogP contribution is 2.19. The maximum Gasteiger partial charge on any atom is 0.268 e. The van der Waals surface area contributed by atoms with Crippen molar-refractivity contribution in [2.45, 2.75) is 6.92 Å². The zero-order valence-electron chi connectivity index (χ0n) is 12.8. The summed E-state index contributed by atoms with van der Waals surface area (Å²) in [7, 11) is 0. The Morgan fingerprint density at radius 3 is 2.46 bits per heavy atom. The van der Waals surface area contributed by atoms with E-state index in [9.17, 15) is 14.4 Å². The average Bonchev–Trinajstić information content (AvgIpc) is 3.09. The first kappa shape index (κ1) is 15.4. The van der Waals surface area contributed by atoms with Gasteiger partial charge in [-0.05, 0) is 29.8 Å². The minimum atomic E-state index is -0.475. The lowest BCUT2D eigenvalue weighted by atomic mass is 10.1. The van der Waals surface area contributed by atoms with Gasteiger partial charge in [0.15, 0.2) is 0 Å². The van der Waals surface area contributed by atoms with E-state index >= 15 is 0 Å². The lowest BCUT2D eigenvalue weighted by Crippen LogP contribution is -2.22. The van der Waals surface area contributed by atoms with Crippen molar-refractivity contribution in [1.82, 2.24) is 14.5 Å². The Balaban J connectivity index is 1.88. The van der Waals surface area contributed by atoms with Gasteiger partial charge in [-0.1, -0.05) is 12.1 Å². The highest BCUT2D eigenvalue weighted by molar-refractivity contribution is 5.95. The normalized spacial score (nSPS) is 10.4. The standard InChI is InChI=1S/C17H14N4O3/c1-11(22)19-13-4-2-12(3-5-13)15-7-6-14(16(23)20-15)17(24)21-9-8-18-10-21/h2-10H,1H3,(H,19,22)(H,20,23). The molecule has 2 aromatic heterocycles. The Labute approximate surface area is 137 Å². The van der Waals surface area contributed by atoms with Crippen LogP contribution in [0.15, 0.2) is 59.9 Å². The molecule has 0 aliphatic rings. The number of rotatable bonds is 3. The zero-order chi connectivity index (χ0) is 17.1. The van der Waals surface area contributed by atoms with Crippen molar-refractivity contribution in [2.75, 3.05) is 5.32 Å². The summed E-state index contributed by atoms with van der Waals surface area (Å²) < 4.78 is 1.24. The monoisotopic (exact) mass is 322 g/mol. The molecule has 3 rings (SSSR count). The first-order valence-electron chi connectivity index (χ1n) is 7.18. The Morgan fingerprint density at radius 1 is 1.12 bits per heavy atom. The van der Waals surface area contributed by atoms with E-state index in [-0.39, 0.29) is 11.5 Å². The maximum absolute atomic E-state index is 12.2. The minimum Gasteiger partial charge on any atom is -0.326 e. The van der Waals surface area contributed by atoms with Gasteiger partial charge in [0.2, 0.25) is 5.91 Å². The third-order valence-corrected chi connectivity index (χ3v) is 3.40. The fraction of sp³-hybridized carbons (Fsp3) is 0.0588. The molecular formula is C17H14N4O3. The molecule has 3 aromatic rings. The van der Waals surface area contributed by atoms with Crippen LogP contribution in [0.4, 0.5) is 5.69 Å². The van der Waals surface area contributed by atoms with Gasteiger partial charge in [0.05, 0.1) is 0 Å². The molecule has 7 nitrogen and oxygen atoms in total. The van der Waals surface area contributed by atoms with Gasteiger partial charge in [0, 0.05) is 30.7 Å². The summed E-state index contributed by atoms with van der Waals surface area (Å²) >= 11 is 0. The summed E-state index contributed by atoms with van der Waals surface area (Å²) in [5.41, 5.74) is 1.57. The van der Waals surface area contributed by atoms with Crippen LogP contribution in [0.25, 0.3) is 11.3 Å². The molecule has 24 heavy (non-hydrogen) atoms. The van der Waals surface area contributed by atoms with Crippen molar-refractivity contribution in [3.63, 3.8) is 0 Å². The minimum absolute atomic E-state index is 0.0339. The molecule has 1 aromatic carbocycles. The lowest BCUT2D eigenvalue weighted by Gasteiger charge is -2.06. The van der Waals surface area contributed by atoms with Crippen molar-refractivity contribution in [3.05, 3.63) is 71.0 Å². The smallest absolute Gasteiger partial charge is 0.268 e. The number of carbonyl (C=O) groups is 2. The third kappa shape index (κ3) is 3.14. The summed E-state index contributed by atoms with van der Waals surface area (Å²) in [5.74, 6) is -0.597. The van der Waals surface area contributed by atoms with Gasteiger partial charge in [-0.25, -0.2) is 4.98 Å². The molecule has 0 aliphatic heterocycles. The van der Waals surface area contributed by atoms with Crippen molar-refractivity contribution < 1.29 is 9.59 Å². The highest BCUT2D eigenvalue weighted by atomic mass is 16.2. The van der Waals surface area contributed by atoms with Gasteiger partial charge < -0.3 is 10.3 Å². The number of carbonyl (C=O) groups excluding carboxylic acids is 2. The second kappa shape index (κ2) is 6.33. The van der Waals surface area contributed by atoms with E-state index < -0.39 is 11.5 Å². The Bertz CT molecular complexity index is 941. The first-order valence-corrected chi connectivity index (χ1v) is 7.18. The number of nitrogens with one attached hydrogen (secondary N) is 2. The molecule has 0 bridgehead atoms. The number of imidazole rings is 1. The van der Waals surface area contributed by atoms with Gasteiger partial charge >= 0.3 is 0 Å². The van der Waals surface area contributed by atoms with E-state index in [0.29, 0.717) is 11.4 Å². The molecule has 1 amide bonds. The number of H-pyrrole nitrogens is 1. The van der Waals surface area contributed by atoms with Crippen LogP contribution in [0.1, 0.15) is 17.3 Å². The molecule has 2 heterocycles. The van der Waals surface area contributed by atoms with Crippen molar-refractivity contribution >= 4 is 17.5 Å². The van der Waals surface area contributed by atoms with Crippen molar-refractivity contribution in [3.8, 4) is 11.3 Å². The molecule has 0 radical (unpaired) electrons. The predicted octanol–water partition coefficient (Wildman–Crippen LogP) is 1.89. The van der Waals surface area contributed by atoms with E-state index in [2.05, 4.69) is 15.3 Å². The van der Waals surface area contributed by atoms with E-state index in [1.54, 1.807) is 30.3 Å². The predicted molar refractivity (Wildman–Crippen MR) is 88.8 cm³/mol. The van der Waals surface area contributed by atoms with E-state index in [0.717, 1.165) is 5.56 Å². The first-order chi connectivity index (χ1) is 11.5. The maximum atomic E-state index is 12.2. The van der Waals surface area contributed by atoms with Crippen molar-refractivity contribution in [1.29, 1.82) is 0 Å². The Kier molecular flexibility index (Phi) is 4.07. The van der Waals surface area contributed by atoms with Gasteiger partial charge in [-0.15, -0.1) is 0 Å². The summed E-state index contributed by atoms with van der Waals surface area (Å²) in [6.45, 7) is 1.43. The molecule has 0 atom stereocenters. The Morgan fingerprint density at radius 2 is 1.88 bits per heavy atom. The number of benzene rings is 1. The summed E-state index contributed by atoms with van der Waals surface area (Å²) in [5, 5.41) is 2.67. The number of nitrogens with zero attached hydrogens (tertiary/aromatic N) is 2. The number of amides is 1. The summed E-state index contributed by atoms with van der Waals surface area (Å²) in [4.78, 5) is 41.9. The van der Waals surface area contributed by atoms with Gasteiger partial charge in [-0.3, -0.25) is 19.0 Å². The number of hydrogen-bond donors (Lipinski definition) is 2. The molecule has 0 saturated carbocycles. The zero-order valence-corrected chi connectivity index (χ0v) is 12.8. The SMILES string of the molecule is CC(=O)Nc1ccc(-c2ccc(C(=O)n3ccnc3)c(=O)[nH]2)cc1. The molecule has 0 saturated heterocycles. The molecular weight excluding hydrogens is 308 g/mol.